The lowest BCUT2D eigenvalue weighted by Gasteiger charge is -2.26. The molecule has 2 N–H and O–H groups in total. The molecular formula is C22H26F3N5O4S. The van der Waals surface area contributed by atoms with E-state index >= 15 is 0 Å². The van der Waals surface area contributed by atoms with Gasteiger partial charge in [-0.05, 0) is 31.0 Å². The van der Waals surface area contributed by atoms with Crippen LogP contribution >= 0.6 is 11.3 Å². The van der Waals surface area contributed by atoms with Gasteiger partial charge in [-0.3, -0.25) is 19.8 Å². The smallest absolute Gasteiger partial charge is 0.404 e. The predicted octanol–water partition coefficient (Wildman–Crippen LogP) is 4.01. The lowest BCUT2D eigenvalue weighted by Crippen LogP contribution is -2.41. The molecule has 0 atom stereocenters. The van der Waals surface area contributed by atoms with Gasteiger partial charge in [0, 0.05) is 24.6 Å². The Balaban J connectivity index is 1.46. The number of morpholine rings is 1. The van der Waals surface area contributed by atoms with Crippen molar-refractivity contribution in [3.8, 4) is 5.75 Å². The quantitative estimate of drug-likeness (QED) is 0.576. The zero-order valence-electron chi connectivity index (χ0n) is 18.9. The molecule has 35 heavy (non-hydrogen) atoms. The van der Waals surface area contributed by atoms with Gasteiger partial charge in [0.2, 0.25) is 11.0 Å². The maximum atomic E-state index is 12.9. The Bertz CT molecular complexity index is 1040. The number of alkyl halides is 3. The number of carbonyl (C=O) groups is 2. The SMILES string of the molecule is O=C(CN1CCOCC1)Nc1cc(C(=O)Nc2nnc(C3CCCCC3)s2)ccc1OC(F)(F)F. The molecule has 2 fully saturated rings. The third kappa shape index (κ3) is 7.36. The van der Waals surface area contributed by atoms with E-state index in [0.29, 0.717) is 37.4 Å². The molecule has 0 bridgehead atoms. The van der Waals surface area contributed by atoms with Gasteiger partial charge in [-0.25, -0.2) is 0 Å². The molecule has 0 radical (unpaired) electrons. The summed E-state index contributed by atoms with van der Waals surface area (Å²) in [6.07, 6.45) is 0.595. The minimum atomic E-state index is -4.96. The van der Waals surface area contributed by atoms with Gasteiger partial charge in [0.25, 0.3) is 5.91 Å². The van der Waals surface area contributed by atoms with E-state index in [1.807, 2.05) is 4.90 Å². The Hall–Kier alpha value is -2.77. The molecule has 2 amide bonds. The second kappa shape index (κ2) is 11.3. The van der Waals surface area contributed by atoms with Crippen LogP contribution in [0.15, 0.2) is 18.2 Å². The predicted molar refractivity (Wildman–Crippen MR) is 123 cm³/mol. The van der Waals surface area contributed by atoms with Gasteiger partial charge in [0.05, 0.1) is 25.4 Å². The van der Waals surface area contributed by atoms with Crippen LogP contribution in [-0.4, -0.2) is 66.1 Å². The summed E-state index contributed by atoms with van der Waals surface area (Å²) in [7, 11) is 0. The van der Waals surface area contributed by atoms with Crippen LogP contribution in [0.2, 0.25) is 0 Å². The highest BCUT2D eigenvalue weighted by molar-refractivity contribution is 7.15. The van der Waals surface area contributed by atoms with Crippen LogP contribution in [0.25, 0.3) is 0 Å². The molecule has 4 rings (SSSR count). The number of aromatic nitrogens is 2. The fourth-order valence-corrected chi connectivity index (χ4v) is 5.01. The van der Waals surface area contributed by atoms with Crippen LogP contribution in [0.4, 0.5) is 24.0 Å². The van der Waals surface area contributed by atoms with Gasteiger partial charge < -0.3 is 14.8 Å². The average molecular weight is 514 g/mol. The Labute approximate surface area is 204 Å². The number of ether oxygens (including phenoxy) is 2. The number of nitrogens with one attached hydrogen (secondary N) is 2. The highest BCUT2D eigenvalue weighted by atomic mass is 32.1. The van der Waals surface area contributed by atoms with Gasteiger partial charge >= 0.3 is 6.36 Å². The van der Waals surface area contributed by atoms with Crippen molar-refractivity contribution in [3.05, 3.63) is 28.8 Å². The fraction of sp³-hybridized carbons (Fsp3) is 0.545. The van der Waals surface area contributed by atoms with E-state index in [9.17, 15) is 22.8 Å². The summed E-state index contributed by atoms with van der Waals surface area (Å²) in [6.45, 7) is 1.98. The van der Waals surface area contributed by atoms with Crippen molar-refractivity contribution in [1.82, 2.24) is 15.1 Å². The molecule has 2 aliphatic rings. The zero-order valence-corrected chi connectivity index (χ0v) is 19.7. The van der Waals surface area contributed by atoms with E-state index in [4.69, 9.17) is 4.74 Å². The van der Waals surface area contributed by atoms with Crippen LogP contribution in [0.1, 0.15) is 53.4 Å². The van der Waals surface area contributed by atoms with Gasteiger partial charge in [-0.1, -0.05) is 30.6 Å². The van der Waals surface area contributed by atoms with Crippen LogP contribution < -0.4 is 15.4 Å². The lowest BCUT2D eigenvalue weighted by molar-refractivity contribution is -0.274. The molecule has 1 saturated heterocycles. The first-order chi connectivity index (χ1) is 16.8. The van der Waals surface area contributed by atoms with Crippen LogP contribution in [0.3, 0.4) is 0 Å². The molecule has 0 spiro atoms. The Morgan fingerprint density at radius 2 is 1.86 bits per heavy atom. The molecule has 0 unspecified atom stereocenters. The van der Waals surface area contributed by atoms with Crippen molar-refractivity contribution in [2.45, 2.75) is 44.4 Å². The normalized spacial score (nSPS) is 17.7. The summed E-state index contributed by atoms with van der Waals surface area (Å²) in [4.78, 5) is 27.1. The Morgan fingerprint density at radius 3 is 2.57 bits per heavy atom. The molecule has 9 nitrogen and oxygen atoms in total. The zero-order chi connectivity index (χ0) is 24.8. The van der Waals surface area contributed by atoms with Crippen molar-refractivity contribution in [3.63, 3.8) is 0 Å². The Kier molecular flexibility index (Phi) is 8.19. The maximum Gasteiger partial charge on any atom is 0.573 e. The maximum absolute atomic E-state index is 12.9. The van der Waals surface area contributed by atoms with Crippen molar-refractivity contribution < 1.29 is 32.2 Å². The van der Waals surface area contributed by atoms with Gasteiger partial charge in [-0.2, -0.15) is 0 Å². The lowest BCUT2D eigenvalue weighted by atomic mass is 9.90. The molecule has 1 aromatic carbocycles. The molecule has 2 heterocycles. The number of amides is 2. The van der Waals surface area contributed by atoms with Crippen molar-refractivity contribution in [2.24, 2.45) is 0 Å². The number of benzene rings is 1. The number of halogens is 3. The van der Waals surface area contributed by atoms with E-state index in [1.165, 1.54) is 23.8 Å². The highest BCUT2D eigenvalue weighted by Crippen LogP contribution is 2.35. The second-order valence-corrected chi connectivity index (χ2v) is 9.44. The highest BCUT2D eigenvalue weighted by Gasteiger charge is 2.33. The molecular weight excluding hydrogens is 487 g/mol. The minimum Gasteiger partial charge on any atom is -0.404 e. The number of rotatable bonds is 7. The largest absolute Gasteiger partial charge is 0.573 e. The second-order valence-electron chi connectivity index (χ2n) is 8.43. The number of hydrogen-bond donors (Lipinski definition) is 2. The monoisotopic (exact) mass is 513 g/mol. The molecule has 190 valence electrons. The number of nitrogens with zero attached hydrogens (tertiary/aromatic N) is 3. The van der Waals surface area contributed by atoms with Gasteiger partial charge in [0.1, 0.15) is 5.01 Å². The van der Waals surface area contributed by atoms with E-state index in [0.717, 1.165) is 42.8 Å². The third-order valence-corrected chi connectivity index (χ3v) is 6.83. The first-order valence-electron chi connectivity index (χ1n) is 11.4. The number of hydrogen-bond acceptors (Lipinski definition) is 8. The summed E-state index contributed by atoms with van der Waals surface area (Å²) in [6, 6.07) is 3.34. The summed E-state index contributed by atoms with van der Waals surface area (Å²) < 4.78 is 47.9. The van der Waals surface area contributed by atoms with E-state index in [1.54, 1.807) is 0 Å². The van der Waals surface area contributed by atoms with Crippen molar-refractivity contribution >= 4 is 34.0 Å². The topological polar surface area (TPSA) is 106 Å². The van der Waals surface area contributed by atoms with Crippen LogP contribution in [0, 0.1) is 0 Å². The van der Waals surface area contributed by atoms with Gasteiger partial charge in [-0.15, -0.1) is 23.4 Å². The van der Waals surface area contributed by atoms with Crippen LogP contribution in [0.5, 0.6) is 5.75 Å². The number of anilines is 2. The van der Waals surface area contributed by atoms with Crippen molar-refractivity contribution in [1.29, 1.82) is 0 Å². The summed E-state index contributed by atoms with van der Waals surface area (Å²) >= 11 is 1.29. The molecule has 1 saturated carbocycles. The molecule has 1 aromatic heterocycles. The Morgan fingerprint density at radius 1 is 1.11 bits per heavy atom. The van der Waals surface area contributed by atoms with E-state index in [2.05, 4.69) is 25.6 Å². The standard InChI is InChI=1S/C22H26F3N5O4S/c23-22(24,25)34-17-7-6-15(12-16(17)26-18(31)13-30-8-10-33-11-9-30)19(32)27-21-29-28-20(35-21)14-4-2-1-3-5-14/h6-7,12,14H,1-5,8-11,13H2,(H,26,31)(H,27,29,32). The fourth-order valence-electron chi connectivity index (χ4n) is 4.10. The van der Waals surface area contributed by atoms with Crippen LogP contribution in [-0.2, 0) is 9.53 Å². The van der Waals surface area contributed by atoms with E-state index in [-0.39, 0.29) is 17.8 Å². The summed E-state index contributed by atoms with van der Waals surface area (Å²) in [5, 5.41) is 14.5. The summed E-state index contributed by atoms with van der Waals surface area (Å²) in [5.74, 6) is -1.39. The first-order valence-corrected chi connectivity index (χ1v) is 12.2. The molecule has 2 aromatic rings. The number of carbonyl (C=O) groups excluding carboxylic acids is 2. The summed E-state index contributed by atoms with van der Waals surface area (Å²) in [5.41, 5.74) is -0.219. The van der Waals surface area contributed by atoms with E-state index < -0.39 is 23.9 Å². The first kappa shape index (κ1) is 25.3. The molecule has 13 heteroatoms. The third-order valence-electron chi connectivity index (χ3n) is 5.83. The molecule has 1 aliphatic carbocycles. The average Bonchev–Trinajstić information content (AvgIpc) is 3.29. The minimum absolute atomic E-state index is 0.0278. The van der Waals surface area contributed by atoms with Gasteiger partial charge in [0.15, 0.2) is 5.75 Å². The molecule has 1 aliphatic heterocycles. The van der Waals surface area contributed by atoms with Crippen molar-refractivity contribution in [2.75, 3.05) is 43.5 Å².